The fourth-order valence-electron chi connectivity index (χ4n) is 3.65. The van der Waals surface area contributed by atoms with Crippen LogP contribution in [0.3, 0.4) is 0 Å². The third-order valence-electron chi connectivity index (χ3n) is 5.61. The van der Waals surface area contributed by atoms with E-state index in [-0.39, 0.29) is 28.4 Å². The fourth-order valence-corrected chi connectivity index (χ4v) is 4.00. The van der Waals surface area contributed by atoms with Crippen molar-refractivity contribution in [3.8, 4) is 0 Å². The van der Waals surface area contributed by atoms with Gasteiger partial charge in [0.05, 0.1) is 40.0 Å². The molecule has 7 nitrogen and oxygen atoms in total. The zero-order valence-electron chi connectivity index (χ0n) is 20.6. The Morgan fingerprint density at radius 1 is 1.14 bits per heavy atom. The fraction of sp³-hybridized carbons (Fsp3) is 0.385. The van der Waals surface area contributed by atoms with Crippen LogP contribution in [0.1, 0.15) is 40.2 Å². The third kappa shape index (κ3) is 6.90. The van der Waals surface area contributed by atoms with Crippen LogP contribution in [-0.2, 0) is 16.0 Å². The second-order valence-corrected chi connectivity index (χ2v) is 10.4. The topological polar surface area (TPSA) is 82.7 Å². The minimum Gasteiger partial charge on any atom is -0.466 e. The molecular weight excluding hydrogens is 487 g/mol. The number of nitrogens with zero attached hydrogens (tertiary/aromatic N) is 1. The molecule has 0 saturated heterocycles. The number of ether oxygens (including phenoxy) is 1. The molecule has 0 radical (unpaired) electrons. The van der Waals surface area contributed by atoms with E-state index in [1.807, 2.05) is 42.3 Å². The number of hydrazine groups is 1. The van der Waals surface area contributed by atoms with E-state index < -0.39 is 6.03 Å². The number of carbonyl (C=O) groups excluding carboxylic acids is 2. The van der Waals surface area contributed by atoms with Gasteiger partial charge in [-0.25, -0.2) is 10.2 Å². The van der Waals surface area contributed by atoms with E-state index in [9.17, 15) is 9.59 Å². The molecule has 3 N–H and O–H groups in total. The summed E-state index contributed by atoms with van der Waals surface area (Å²) in [5.41, 5.74) is 5.59. The molecule has 0 fully saturated rings. The van der Waals surface area contributed by atoms with Crippen LogP contribution < -0.4 is 21.1 Å². The molecule has 9 heteroatoms. The molecule has 0 aromatic heterocycles. The molecule has 35 heavy (non-hydrogen) atoms. The van der Waals surface area contributed by atoms with Gasteiger partial charge >= 0.3 is 12.0 Å². The molecule has 2 atom stereocenters. The largest absolute Gasteiger partial charge is 0.466 e. The molecule has 1 aliphatic heterocycles. The Labute approximate surface area is 216 Å². The number of halogens is 2. The summed E-state index contributed by atoms with van der Waals surface area (Å²) >= 11 is 12.3. The maximum Gasteiger partial charge on any atom is 0.324 e. The summed E-state index contributed by atoms with van der Waals surface area (Å²) in [5.74, 6) is 0.0974. The van der Waals surface area contributed by atoms with Gasteiger partial charge in [-0.15, -0.1) is 0 Å². The molecule has 0 saturated carbocycles. The molecule has 3 rings (SSSR count). The molecule has 2 unspecified atom stereocenters. The average Bonchev–Trinajstić information content (AvgIpc) is 3.21. The van der Waals surface area contributed by atoms with Crippen LogP contribution in [0.2, 0.25) is 10.0 Å². The number of nitrogens with one attached hydrogen (secondary N) is 3. The summed E-state index contributed by atoms with van der Waals surface area (Å²) in [5, 5.41) is 8.14. The van der Waals surface area contributed by atoms with Gasteiger partial charge in [0.15, 0.2) is 0 Å². The highest BCUT2D eigenvalue weighted by Crippen LogP contribution is 2.31. The van der Waals surface area contributed by atoms with Crippen LogP contribution in [0.5, 0.6) is 0 Å². The van der Waals surface area contributed by atoms with Crippen molar-refractivity contribution >= 4 is 46.6 Å². The van der Waals surface area contributed by atoms with E-state index in [1.54, 1.807) is 25.1 Å². The van der Waals surface area contributed by atoms with Crippen LogP contribution in [0.4, 0.5) is 16.2 Å². The predicted octanol–water partition coefficient (Wildman–Crippen LogP) is 6.14. The summed E-state index contributed by atoms with van der Waals surface area (Å²) in [6, 6.07) is 12.4. The van der Waals surface area contributed by atoms with Crippen LogP contribution in [-0.4, -0.2) is 24.6 Å². The standard InChI is InChI=1S/C26H32Cl2N4O3/c1-6-35-24(33)16(2)13-17-9-7-10-18(14-17)32-22(15-21(31-32)26(3,4)5)30-25(34)29-20-12-8-11-19(27)23(20)28/h7-12,14-16,21,31H,6,13H2,1-5H3,(H2,29,30,34). The highest BCUT2D eigenvalue weighted by Gasteiger charge is 2.33. The molecule has 0 aliphatic carbocycles. The van der Waals surface area contributed by atoms with Crippen LogP contribution in [0.25, 0.3) is 0 Å². The Hall–Kier alpha value is -2.74. The van der Waals surface area contributed by atoms with E-state index >= 15 is 0 Å². The van der Waals surface area contributed by atoms with Crippen molar-refractivity contribution in [2.75, 3.05) is 16.9 Å². The molecule has 2 amide bonds. The van der Waals surface area contributed by atoms with Crippen molar-refractivity contribution in [2.24, 2.45) is 11.3 Å². The summed E-state index contributed by atoms with van der Waals surface area (Å²) in [6.45, 7) is 10.4. The summed E-state index contributed by atoms with van der Waals surface area (Å²) in [7, 11) is 0. The lowest BCUT2D eigenvalue weighted by Crippen LogP contribution is -2.46. The van der Waals surface area contributed by atoms with Crippen molar-refractivity contribution in [3.05, 3.63) is 70.0 Å². The van der Waals surface area contributed by atoms with Crippen LogP contribution >= 0.6 is 23.2 Å². The first-order chi connectivity index (χ1) is 16.5. The zero-order valence-corrected chi connectivity index (χ0v) is 22.1. The molecule has 1 heterocycles. The lowest BCUT2D eigenvalue weighted by atomic mass is 9.87. The molecule has 0 spiro atoms. The number of amides is 2. The van der Waals surface area contributed by atoms with Crippen LogP contribution in [0, 0.1) is 11.3 Å². The number of carbonyl (C=O) groups is 2. The van der Waals surface area contributed by atoms with Crippen LogP contribution in [0.15, 0.2) is 54.4 Å². The molecule has 188 valence electrons. The van der Waals surface area contributed by atoms with E-state index in [1.165, 1.54) is 0 Å². The quantitative estimate of drug-likeness (QED) is 0.383. The lowest BCUT2D eigenvalue weighted by Gasteiger charge is -2.30. The summed E-state index contributed by atoms with van der Waals surface area (Å²) < 4.78 is 5.14. The van der Waals surface area contributed by atoms with E-state index in [0.29, 0.717) is 29.6 Å². The number of esters is 1. The van der Waals surface area contributed by atoms with Gasteiger partial charge in [-0.05, 0) is 54.7 Å². The Kier molecular flexibility index (Phi) is 8.70. The number of rotatable bonds is 7. The van der Waals surface area contributed by atoms with Gasteiger partial charge < -0.3 is 10.1 Å². The van der Waals surface area contributed by atoms with Crippen molar-refractivity contribution in [1.29, 1.82) is 0 Å². The maximum absolute atomic E-state index is 12.8. The van der Waals surface area contributed by atoms with Crippen molar-refractivity contribution in [2.45, 2.75) is 47.1 Å². The molecule has 1 aliphatic rings. The molecule has 0 bridgehead atoms. The number of benzene rings is 2. The van der Waals surface area contributed by atoms with Gasteiger partial charge in [-0.2, -0.15) is 0 Å². The van der Waals surface area contributed by atoms with Gasteiger partial charge in [-0.3, -0.25) is 15.1 Å². The smallest absolute Gasteiger partial charge is 0.324 e. The SMILES string of the molecule is CCOC(=O)C(C)Cc1cccc(N2NC(C(C)(C)C)C=C2NC(=O)Nc2cccc(Cl)c2Cl)c1. The molecule has 2 aromatic carbocycles. The number of urea groups is 1. The number of hydrogen-bond donors (Lipinski definition) is 3. The van der Waals surface area contributed by atoms with Gasteiger partial charge in [-0.1, -0.05) is 69.1 Å². The molecule has 2 aromatic rings. The van der Waals surface area contributed by atoms with E-state index in [4.69, 9.17) is 27.9 Å². The minimum atomic E-state index is -0.450. The Bertz CT molecular complexity index is 1110. The summed E-state index contributed by atoms with van der Waals surface area (Å²) in [4.78, 5) is 24.9. The first-order valence-corrected chi connectivity index (χ1v) is 12.3. The number of anilines is 2. The van der Waals surface area contributed by atoms with Crippen molar-refractivity contribution in [3.63, 3.8) is 0 Å². The highest BCUT2D eigenvalue weighted by molar-refractivity contribution is 6.43. The van der Waals surface area contributed by atoms with E-state index in [0.717, 1.165) is 11.3 Å². The second-order valence-electron chi connectivity index (χ2n) is 9.57. The lowest BCUT2D eigenvalue weighted by molar-refractivity contribution is -0.147. The zero-order chi connectivity index (χ0) is 25.8. The molecular formula is C26H32Cl2N4O3. The predicted molar refractivity (Wildman–Crippen MR) is 142 cm³/mol. The Morgan fingerprint density at radius 2 is 1.86 bits per heavy atom. The highest BCUT2D eigenvalue weighted by atomic mass is 35.5. The van der Waals surface area contributed by atoms with E-state index in [2.05, 4.69) is 36.8 Å². The minimum absolute atomic E-state index is 0.0327. The van der Waals surface area contributed by atoms with Crippen molar-refractivity contribution in [1.82, 2.24) is 10.7 Å². The van der Waals surface area contributed by atoms with Gasteiger partial charge in [0, 0.05) is 0 Å². The Balaban J connectivity index is 1.81. The monoisotopic (exact) mass is 518 g/mol. The first-order valence-electron chi connectivity index (χ1n) is 11.5. The summed E-state index contributed by atoms with van der Waals surface area (Å²) in [6.07, 6.45) is 2.52. The first kappa shape index (κ1) is 26.9. The maximum atomic E-state index is 12.8. The normalized spacial score (nSPS) is 16.5. The average molecular weight is 519 g/mol. The Morgan fingerprint density at radius 3 is 2.54 bits per heavy atom. The van der Waals surface area contributed by atoms with Gasteiger partial charge in [0.1, 0.15) is 5.82 Å². The van der Waals surface area contributed by atoms with Gasteiger partial charge in [0.25, 0.3) is 0 Å². The third-order valence-corrected chi connectivity index (χ3v) is 6.43. The van der Waals surface area contributed by atoms with Gasteiger partial charge in [0.2, 0.25) is 0 Å². The second kappa shape index (κ2) is 11.3. The number of hydrogen-bond acceptors (Lipinski definition) is 5. The van der Waals surface area contributed by atoms with Crippen molar-refractivity contribution < 1.29 is 14.3 Å².